The molecule has 0 aliphatic carbocycles. The van der Waals surface area contributed by atoms with Crippen LogP contribution in [-0.4, -0.2) is 9.51 Å². The maximum Gasteiger partial charge on any atom is 0.220 e. The second-order valence-electron chi connectivity index (χ2n) is 4.42. The molecule has 86 valence electrons. The van der Waals surface area contributed by atoms with Crippen molar-refractivity contribution in [2.75, 3.05) is 0 Å². The van der Waals surface area contributed by atoms with E-state index >= 15 is 0 Å². The monoisotopic (exact) mass is 235 g/mol. The van der Waals surface area contributed by atoms with E-state index in [4.69, 9.17) is 0 Å². The molecule has 0 radical (unpaired) electrons. The van der Waals surface area contributed by atoms with Gasteiger partial charge < -0.3 is 9.51 Å². The molecule has 0 aromatic carbocycles. The molecular weight excluding hydrogens is 224 g/mol. The van der Waals surface area contributed by atoms with Gasteiger partial charge in [-0.25, -0.2) is 0 Å². The Morgan fingerprint density at radius 3 is 2.89 bits per heavy atom. The normalized spacial score (nSPS) is 11.6. The Morgan fingerprint density at radius 2 is 1.94 bits per heavy atom. The third kappa shape index (κ3) is 1.10. The summed E-state index contributed by atoms with van der Waals surface area (Å²) in [6.07, 6.45) is 7.65. The second kappa shape index (κ2) is 3.23. The highest BCUT2D eigenvalue weighted by Crippen LogP contribution is 2.30. The van der Waals surface area contributed by atoms with Crippen LogP contribution in [0.3, 0.4) is 0 Å². The van der Waals surface area contributed by atoms with Crippen molar-refractivity contribution in [1.82, 2.24) is 4.40 Å². The first-order chi connectivity index (χ1) is 8.84. The summed E-state index contributed by atoms with van der Waals surface area (Å²) in [5.74, 6) is 0.303. The van der Waals surface area contributed by atoms with Crippen molar-refractivity contribution in [3.63, 3.8) is 0 Å². The molecule has 3 heteroatoms. The van der Waals surface area contributed by atoms with Crippen LogP contribution in [0, 0.1) is 0 Å². The zero-order chi connectivity index (χ0) is 12.1. The van der Waals surface area contributed by atoms with Gasteiger partial charge in [-0.3, -0.25) is 0 Å². The Balaban J connectivity index is 2.41. The van der Waals surface area contributed by atoms with Gasteiger partial charge in [-0.05, 0) is 18.2 Å². The average molecular weight is 235 g/mol. The van der Waals surface area contributed by atoms with Gasteiger partial charge >= 0.3 is 0 Å². The molecule has 4 heterocycles. The predicted octanol–water partition coefficient (Wildman–Crippen LogP) is 2.54. The SMILES string of the molecule is Oc1c[n+]2ccccc2c2c1cn1ccccc21. The minimum Gasteiger partial charge on any atom is -0.502 e. The van der Waals surface area contributed by atoms with Crippen LogP contribution in [0.4, 0.5) is 0 Å². The van der Waals surface area contributed by atoms with Crippen LogP contribution in [0.5, 0.6) is 5.75 Å². The van der Waals surface area contributed by atoms with Crippen LogP contribution < -0.4 is 4.40 Å². The van der Waals surface area contributed by atoms with Crippen molar-refractivity contribution in [3.8, 4) is 5.75 Å². The lowest BCUT2D eigenvalue weighted by atomic mass is 10.2. The molecule has 0 saturated carbocycles. The van der Waals surface area contributed by atoms with E-state index < -0.39 is 0 Å². The fraction of sp³-hybridized carbons (Fsp3) is 0. The van der Waals surface area contributed by atoms with E-state index in [9.17, 15) is 5.11 Å². The summed E-state index contributed by atoms with van der Waals surface area (Å²) in [4.78, 5) is 0. The van der Waals surface area contributed by atoms with Gasteiger partial charge in [0.1, 0.15) is 0 Å². The third-order valence-electron chi connectivity index (χ3n) is 3.37. The third-order valence-corrected chi connectivity index (χ3v) is 3.37. The van der Waals surface area contributed by atoms with Crippen molar-refractivity contribution < 1.29 is 9.51 Å². The van der Waals surface area contributed by atoms with Crippen LogP contribution in [0.25, 0.3) is 21.8 Å². The predicted molar refractivity (Wildman–Crippen MR) is 69.7 cm³/mol. The summed E-state index contributed by atoms with van der Waals surface area (Å²) in [5, 5.41) is 12.1. The van der Waals surface area contributed by atoms with E-state index in [0.29, 0.717) is 5.75 Å². The summed E-state index contributed by atoms with van der Waals surface area (Å²) in [6.45, 7) is 0. The quantitative estimate of drug-likeness (QED) is 0.466. The number of hydrogen-bond donors (Lipinski definition) is 1. The molecule has 4 aromatic rings. The maximum atomic E-state index is 10.1. The molecule has 0 amide bonds. The molecule has 0 fully saturated rings. The lowest BCUT2D eigenvalue weighted by Gasteiger charge is -1.96. The van der Waals surface area contributed by atoms with E-state index in [2.05, 4.69) is 12.1 Å². The molecule has 0 aliphatic rings. The summed E-state index contributed by atoms with van der Waals surface area (Å²) < 4.78 is 3.99. The lowest BCUT2D eigenvalue weighted by molar-refractivity contribution is -0.511. The first-order valence-electron chi connectivity index (χ1n) is 5.86. The fourth-order valence-electron chi connectivity index (χ4n) is 2.57. The molecule has 0 spiro atoms. The molecule has 0 aliphatic heterocycles. The highest BCUT2D eigenvalue weighted by molar-refractivity contribution is 6.08. The van der Waals surface area contributed by atoms with Gasteiger partial charge in [0, 0.05) is 24.5 Å². The molecule has 0 saturated heterocycles. The topological polar surface area (TPSA) is 28.7 Å². The van der Waals surface area contributed by atoms with Gasteiger partial charge in [0.25, 0.3) is 0 Å². The summed E-state index contributed by atoms with van der Waals surface area (Å²) in [6, 6.07) is 12.1. The number of fused-ring (bicyclic) bond motifs is 5. The Hall–Kier alpha value is -2.55. The summed E-state index contributed by atoms with van der Waals surface area (Å²) in [7, 11) is 0. The average Bonchev–Trinajstić information content (AvgIpc) is 2.79. The van der Waals surface area contributed by atoms with Gasteiger partial charge in [-0.2, -0.15) is 4.40 Å². The number of hydrogen-bond acceptors (Lipinski definition) is 1. The lowest BCUT2D eigenvalue weighted by Crippen LogP contribution is -2.19. The van der Waals surface area contributed by atoms with Crippen molar-refractivity contribution in [2.24, 2.45) is 0 Å². The summed E-state index contributed by atoms with van der Waals surface area (Å²) in [5.41, 5.74) is 2.20. The number of aromatic nitrogens is 2. The Labute approximate surface area is 103 Å². The second-order valence-corrected chi connectivity index (χ2v) is 4.42. The zero-order valence-electron chi connectivity index (χ0n) is 9.62. The number of rotatable bonds is 0. The van der Waals surface area contributed by atoms with Gasteiger partial charge in [-0.15, -0.1) is 0 Å². The molecular formula is C15H11N2O+. The Bertz CT molecular complexity index is 893. The van der Waals surface area contributed by atoms with Crippen LogP contribution in [0.1, 0.15) is 0 Å². The van der Waals surface area contributed by atoms with E-state index in [-0.39, 0.29) is 0 Å². The smallest absolute Gasteiger partial charge is 0.220 e. The summed E-state index contributed by atoms with van der Waals surface area (Å²) >= 11 is 0. The van der Waals surface area contributed by atoms with Crippen molar-refractivity contribution in [1.29, 1.82) is 0 Å². The first-order valence-corrected chi connectivity index (χ1v) is 5.86. The van der Waals surface area contributed by atoms with Crippen LogP contribution in [0.15, 0.2) is 61.2 Å². The molecule has 3 nitrogen and oxygen atoms in total. The number of nitrogens with zero attached hydrogens (tertiary/aromatic N) is 2. The number of aromatic hydroxyl groups is 1. The molecule has 18 heavy (non-hydrogen) atoms. The highest BCUT2D eigenvalue weighted by Gasteiger charge is 2.16. The minimum absolute atomic E-state index is 0.303. The van der Waals surface area contributed by atoms with Gasteiger partial charge in [0.05, 0.1) is 16.3 Å². The molecule has 4 aromatic heterocycles. The molecule has 0 atom stereocenters. The van der Waals surface area contributed by atoms with E-state index in [0.717, 1.165) is 21.8 Å². The maximum absolute atomic E-state index is 10.1. The molecule has 0 bridgehead atoms. The first kappa shape index (κ1) is 9.48. The number of pyridine rings is 3. The zero-order valence-corrected chi connectivity index (χ0v) is 9.62. The van der Waals surface area contributed by atoms with Crippen LogP contribution >= 0.6 is 0 Å². The van der Waals surface area contributed by atoms with Crippen molar-refractivity contribution in [2.45, 2.75) is 0 Å². The fourth-order valence-corrected chi connectivity index (χ4v) is 2.57. The van der Waals surface area contributed by atoms with Crippen molar-refractivity contribution >= 4 is 21.8 Å². The Kier molecular flexibility index (Phi) is 1.70. The van der Waals surface area contributed by atoms with E-state index in [1.165, 1.54) is 0 Å². The van der Waals surface area contributed by atoms with E-state index in [1.54, 1.807) is 6.20 Å². The minimum atomic E-state index is 0.303. The van der Waals surface area contributed by atoms with Gasteiger partial charge in [-0.1, -0.05) is 6.07 Å². The van der Waals surface area contributed by atoms with Crippen molar-refractivity contribution in [3.05, 3.63) is 61.2 Å². The highest BCUT2D eigenvalue weighted by atomic mass is 16.3. The molecule has 1 N–H and O–H groups in total. The van der Waals surface area contributed by atoms with E-state index in [1.807, 2.05) is 51.7 Å². The molecule has 0 unspecified atom stereocenters. The van der Waals surface area contributed by atoms with Gasteiger partial charge in [0.2, 0.25) is 11.7 Å². The van der Waals surface area contributed by atoms with Crippen LogP contribution in [0.2, 0.25) is 0 Å². The molecule has 4 rings (SSSR count). The Morgan fingerprint density at radius 1 is 1.06 bits per heavy atom. The largest absolute Gasteiger partial charge is 0.502 e. The standard InChI is InChI=1S/C15H10N2O/c18-14-10-17-8-4-2-6-13(17)15-11(14)9-16-7-3-1-5-12(15)16/h1-10H/p+1. The van der Waals surface area contributed by atoms with Crippen LogP contribution in [-0.2, 0) is 0 Å². The van der Waals surface area contributed by atoms with Gasteiger partial charge in [0.15, 0.2) is 11.9 Å².